The second kappa shape index (κ2) is 11.1. The number of unbranched alkanes of at least 4 members (excludes halogenated alkanes) is 1. The molecule has 2 aromatic rings. The third-order valence-corrected chi connectivity index (χ3v) is 3.99. The summed E-state index contributed by atoms with van der Waals surface area (Å²) >= 11 is 0. The van der Waals surface area contributed by atoms with Crippen LogP contribution in [0.15, 0.2) is 34.9 Å². The van der Waals surface area contributed by atoms with Gasteiger partial charge < -0.3 is 23.5 Å². The van der Waals surface area contributed by atoms with E-state index in [0.717, 1.165) is 18.6 Å². The molecule has 1 heterocycles. The first-order valence-corrected chi connectivity index (χ1v) is 9.12. The van der Waals surface area contributed by atoms with Gasteiger partial charge >= 0.3 is 5.97 Å². The number of rotatable bonds is 11. The van der Waals surface area contributed by atoms with Crippen molar-refractivity contribution >= 4 is 11.9 Å². The molecule has 0 unspecified atom stereocenters. The Labute approximate surface area is 164 Å². The van der Waals surface area contributed by atoms with E-state index in [-0.39, 0.29) is 24.0 Å². The van der Waals surface area contributed by atoms with Crippen LogP contribution in [0, 0.1) is 0 Å². The Kier molecular flexibility index (Phi) is 8.48. The summed E-state index contributed by atoms with van der Waals surface area (Å²) in [6.07, 6.45) is 3.25. The fourth-order valence-corrected chi connectivity index (χ4v) is 2.41. The smallest absolute Gasteiger partial charge is 0.360 e. The molecule has 1 amide bonds. The van der Waals surface area contributed by atoms with Crippen LogP contribution >= 0.6 is 0 Å². The van der Waals surface area contributed by atoms with E-state index in [1.54, 1.807) is 36.3 Å². The Bertz CT molecular complexity index is 756. The van der Waals surface area contributed by atoms with Crippen molar-refractivity contribution in [3.63, 3.8) is 0 Å². The minimum Gasteiger partial charge on any atom is -0.494 e. The van der Waals surface area contributed by atoms with Gasteiger partial charge in [-0.1, -0.05) is 13.3 Å². The van der Waals surface area contributed by atoms with Gasteiger partial charge in [0.15, 0.2) is 5.69 Å². The topological polar surface area (TPSA) is 91.1 Å². The zero-order valence-electron chi connectivity index (χ0n) is 16.5. The summed E-state index contributed by atoms with van der Waals surface area (Å²) in [6, 6.07) is 6.99. The number of hydrogen-bond donors (Lipinski definition) is 0. The van der Waals surface area contributed by atoms with Crippen LogP contribution in [-0.2, 0) is 16.0 Å². The molecule has 0 saturated heterocycles. The highest BCUT2D eigenvalue weighted by Crippen LogP contribution is 2.16. The van der Waals surface area contributed by atoms with Gasteiger partial charge in [-0.15, -0.1) is 0 Å². The van der Waals surface area contributed by atoms with E-state index >= 15 is 0 Å². The quantitative estimate of drug-likeness (QED) is 0.430. The maximum atomic E-state index is 12.9. The van der Waals surface area contributed by atoms with Gasteiger partial charge in [-0.05, 0) is 30.7 Å². The number of methoxy groups -OCH3 is 2. The average Bonchev–Trinajstić information content (AvgIpc) is 3.19. The minimum absolute atomic E-state index is 0.0604. The van der Waals surface area contributed by atoms with E-state index in [9.17, 15) is 9.59 Å². The van der Waals surface area contributed by atoms with Gasteiger partial charge in [-0.3, -0.25) is 4.79 Å². The van der Waals surface area contributed by atoms with Crippen molar-refractivity contribution in [2.24, 2.45) is 0 Å². The summed E-state index contributed by atoms with van der Waals surface area (Å²) in [5, 5.41) is 0. The molecule has 0 aliphatic rings. The van der Waals surface area contributed by atoms with Gasteiger partial charge in [0.25, 0.3) is 5.91 Å². The Hall–Kier alpha value is -2.87. The Morgan fingerprint density at radius 2 is 1.89 bits per heavy atom. The molecule has 28 heavy (non-hydrogen) atoms. The van der Waals surface area contributed by atoms with E-state index in [2.05, 4.69) is 16.6 Å². The van der Waals surface area contributed by atoms with Crippen LogP contribution in [0.2, 0.25) is 0 Å². The minimum atomic E-state index is -0.594. The molecule has 2 rings (SSSR count). The number of nitrogens with zero attached hydrogens (tertiary/aromatic N) is 2. The molecule has 152 valence electrons. The summed E-state index contributed by atoms with van der Waals surface area (Å²) in [5.74, 6) is 0.173. The van der Waals surface area contributed by atoms with Crippen molar-refractivity contribution < 1.29 is 28.2 Å². The summed E-state index contributed by atoms with van der Waals surface area (Å²) < 4.78 is 20.6. The fraction of sp³-hybridized carbons (Fsp3) is 0.450. The van der Waals surface area contributed by atoms with E-state index in [0.29, 0.717) is 25.3 Å². The number of carbonyl (C=O) groups excluding carboxylic acids is 2. The standard InChI is InChI=1S/C20H26N2O6/c1-4-5-11-27-16-8-6-15(7-9-16)19(23)22(10-12-25-2)13-18-21-17(14-28-18)20(24)26-3/h6-9,14H,4-5,10-13H2,1-3H3. The van der Waals surface area contributed by atoms with Crippen LogP contribution in [0.4, 0.5) is 0 Å². The first-order valence-electron chi connectivity index (χ1n) is 9.12. The monoisotopic (exact) mass is 390 g/mol. The molecule has 0 saturated carbocycles. The number of amides is 1. The molecule has 0 aliphatic heterocycles. The molecule has 0 radical (unpaired) electrons. The van der Waals surface area contributed by atoms with Crippen molar-refractivity contribution in [3.05, 3.63) is 47.7 Å². The normalized spacial score (nSPS) is 10.5. The predicted molar refractivity (Wildman–Crippen MR) is 101 cm³/mol. The van der Waals surface area contributed by atoms with E-state index in [1.807, 2.05) is 0 Å². The lowest BCUT2D eigenvalue weighted by atomic mass is 10.2. The zero-order valence-corrected chi connectivity index (χ0v) is 16.5. The van der Waals surface area contributed by atoms with Gasteiger partial charge in [-0.2, -0.15) is 0 Å². The lowest BCUT2D eigenvalue weighted by molar-refractivity contribution is 0.0594. The number of esters is 1. The molecular formula is C20H26N2O6. The maximum Gasteiger partial charge on any atom is 0.360 e. The van der Waals surface area contributed by atoms with Gasteiger partial charge in [-0.25, -0.2) is 9.78 Å². The molecule has 0 fully saturated rings. The molecule has 0 aliphatic carbocycles. The number of ether oxygens (including phenoxy) is 3. The summed E-state index contributed by atoms with van der Waals surface area (Å²) in [4.78, 5) is 30.0. The van der Waals surface area contributed by atoms with Gasteiger partial charge in [0.1, 0.15) is 12.0 Å². The third kappa shape index (κ3) is 6.09. The first-order chi connectivity index (χ1) is 13.6. The Morgan fingerprint density at radius 3 is 2.54 bits per heavy atom. The van der Waals surface area contributed by atoms with E-state index in [4.69, 9.17) is 13.9 Å². The van der Waals surface area contributed by atoms with E-state index in [1.165, 1.54) is 13.4 Å². The summed E-state index contributed by atoms with van der Waals surface area (Å²) in [6.45, 7) is 3.56. The first kappa shape index (κ1) is 21.4. The molecule has 0 bridgehead atoms. The van der Waals surface area contributed by atoms with Crippen molar-refractivity contribution in [1.29, 1.82) is 0 Å². The van der Waals surface area contributed by atoms with Gasteiger partial charge in [0.2, 0.25) is 5.89 Å². The SMILES string of the molecule is CCCCOc1ccc(C(=O)N(CCOC)Cc2nc(C(=O)OC)co2)cc1. The zero-order chi connectivity index (χ0) is 20.4. The van der Waals surface area contributed by atoms with Crippen LogP contribution in [0.1, 0.15) is 46.5 Å². The van der Waals surface area contributed by atoms with Crippen LogP contribution in [0.25, 0.3) is 0 Å². The molecule has 0 spiro atoms. The maximum absolute atomic E-state index is 12.9. The van der Waals surface area contributed by atoms with Crippen LogP contribution in [0.3, 0.4) is 0 Å². The second-order valence-electron chi connectivity index (χ2n) is 6.06. The van der Waals surface area contributed by atoms with Crippen LogP contribution in [-0.4, -0.2) is 55.7 Å². The number of carbonyl (C=O) groups is 2. The Balaban J connectivity index is 2.07. The van der Waals surface area contributed by atoms with Crippen LogP contribution < -0.4 is 4.74 Å². The van der Waals surface area contributed by atoms with Gasteiger partial charge in [0, 0.05) is 19.2 Å². The highest BCUT2D eigenvalue weighted by Gasteiger charge is 2.20. The van der Waals surface area contributed by atoms with Crippen molar-refractivity contribution in [3.8, 4) is 5.75 Å². The molecule has 8 heteroatoms. The number of oxazole rings is 1. The Morgan fingerprint density at radius 1 is 1.14 bits per heavy atom. The molecule has 1 aromatic heterocycles. The molecule has 0 N–H and O–H groups in total. The number of aromatic nitrogens is 1. The average molecular weight is 390 g/mol. The molecule has 0 atom stereocenters. The summed E-state index contributed by atoms with van der Waals surface area (Å²) in [7, 11) is 2.83. The third-order valence-electron chi connectivity index (χ3n) is 3.99. The second-order valence-corrected chi connectivity index (χ2v) is 6.06. The van der Waals surface area contributed by atoms with E-state index < -0.39 is 5.97 Å². The van der Waals surface area contributed by atoms with Crippen molar-refractivity contribution in [2.45, 2.75) is 26.3 Å². The van der Waals surface area contributed by atoms with Crippen molar-refractivity contribution in [2.75, 3.05) is 34.0 Å². The molecule has 1 aromatic carbocycles. The lowest BCUT2D eigenvalue weighted by Crippen LogP contribution is -2.33. The molecule has 8 nitrogen and oxygen atoms in total. The summed E-state index contributed by atoms with van der Waals surface area (Å²) in [5.41, 5.74) is 0.573. The molecular weight excluding hydrogens is 364 g/mol. The predicted octanol–water partition coefficient (Wildman–Crippen LogP) is 2.93. The lowest BCUT2D eigenvalue weighted by Gasteiger charge is -2.21. The number of hydrogen-bond acceptors (Lipinski definition) is 7. The fourth-order valence-electron chi connectivity index (χ4n) is 2.41. The number of benzene rings is 1. The highest BCUT2D eigenvalue weighted by atomic mass is 16.5. The van der Waals surface area contributed by atoms with Crippen LogP contribution in [0.5, 0.6) is 5.75 Å². The van der Waals surface area contributed by atoms with Gasteiger partial charge in [0.05, 0.1) is 26.9 Å². The van der Waals surface area contributed by atoms with Crippen molar-refractivity contribution in [1.82, 2.24) is 9.88 Å². The highest BCUT2D eigenvalue weighted by molar-refractivity contribution is 5.94. The largest absolute Gasteiger partial charge is 0.494 e.